The number of nitrogens with one attached hydrogen (secondary N) is 3. The molecule has 0 saturated carbocycles. The van der Waals surface area contributed by atoms with Crippen molar-refractivity contribution in [2.24, 2.45) is 0 Å². The molecule has 5 rings (SSSR count). The van der Waals surface area contributed by atoms with E-state index in [9.17, 15) is 28.0 Å². The molecule has 2 aromatic heterocycles. The van der Waals surface area contributed by atoms with Gasteiger partial charge in [-0.1, -0.05) is 23.7 Å². The maximum Gasteiger partial charge on any atom is 0.319 e. The average molecular weight is 624 g/mol. The van der Waals surface area contributed by atoms with Crippen LogP contribution < -0.4 is 16.0 Å². The van der Waals surface area contributed by atoms with Crippen LogP contribution in [0.2, 0.25) is 5.02 Å². The minimum Gasteiger partial charge on any atom is -0.350 e. The Morgan fingerprint density at radius 3 is 2.57 bits per heavy atom. The summed E-state index contributed by atoms with van der Waals surface area (Å²) in [6, 6.07) is 9.34. The van der Waals surface area contributed by atoms with Gasteiger partial charge in [0.2, 0.25) is 11.8 Å². The molecule has 1 fully saturated rings. The Bertz CT molecular complexity index is 1730. The molecule has 4 aromatic rings. The second kappa shape index (κ2) is 13.2. The Morgan fingerprint density at radius 1 is 1.05 bits per heavy atom. The van der Waals surface area contributed by atoms with Crippen molar-refractivity contribution in [3.63, 3.8) is 0 Å². The van der Waals surface area contributed by atoms with E-state index in [4.69, 9.17) is 11.6 Å². The lowest BCUT2D eigenvalue weighted by molar-refractivity contribution is -0.139. The molecule has 3 N–H and O–H groups in total. The van der Waals surface area contributed by atoms with Crippen LogP contribution in [-0.2, 0) is 29.2 Å². The molecule has 2 atom stereocenters. The Hall–Kier alpha value is -4.91. The topological polar surface area (TPSA) is 138 Å². The number of aromatic nitrogens is 3. The highest BCUT2D eigenvalue weighted by molar-refractivity contribution is 6.30. The number of hydrogen-bond donors (Lipinski definition) is 3. The van der Waals surface area contributed by atoms with E-state index in [2.05, 4.69) is 25.9 Å². The number of amides is 4. The summed E-state index contributed by atoms with van der Waals surface area (Å²) in [5.74, 6) is -1.65. The van der Waals surface area contributed by atoms with E-state index < -0.39 is 35.9 Å². The van der Waals surface area contributed by atoms with Gasteiger partial charge in [-0.05, 0) is 37.3 Å². The number of carbonyl (C=O) groups excluding carboxylic acids is 4. The minimum absolute atomic E-state index is 0.0913. The molecule has 0 bridgehead atoms. The number of urea groups is 1. The van der Waals surface area contributed by atoms with Gasteiger partial charge in [0.05, 0.1) is 18.1 Å². The second-order valence-electron chi connectivity index (χ2n) is 10.3. The second-order valence-corrected chi connectivity index (χ2v) is 10.7. The Morgan fingerprint density at radius 2 is 1.82 bits per heavy atom. The third kappa shape index (κ3) is 6.83. The van der Waals surface area contributed by atoms with Crippen LogP contribution in [0.25, 0.3) is 10.9 Å². The molecule has 1 saturated heterocycles. The summed E-state index contributed by atoms with van der Waals surface area (Å²) in [6.07, 6.45) is 3.03. The van der Waals surface area contributed by atoms with Gasteiger partial charge in [-0.2, -0.15) is 0 Å². The monoisotopic (exact) mass is 623 g/mol. The number of carbonyl (C=O) groups is 4. The van der Waals surface area contributed by atoms with Crippen LogP contribution in [0.4, 0.5) is 19.3 Å². The fourth-order valence-corrected chi connectivity index (χ4v) is 5.27. The Balaban J connectivity index is 1.28. The summed E-state index contributed by atoms with van der Waals surface area (Å²) in [6.45, 7) is 0.759. The zero-order valence-electron chi connectivity index (χ0n) is 23.5. The number of anilines is 1. The molecule has 1 aliphatic heterocycles. The minimum atomic E-state index is -1.42. The van der Waals surface area contributed by atoms with Crippen LogP contribution in [0, 0.1) is 5.82 Å². The van der Waals surface area contributed by atoms with Crippen molar-refractivity contribution in [1.82, 2.24) is 30.1 Å². The molecule has 44 heavy (non-hydrogen) atoms. The first-order chi connectivity index (χ1) is 21.1. The Labute approximate surface area is 255 Å². The predicted octanol–water partition coefficient (Wildman–Crippen LogP) is 4.00. The van der Waals surface area contributed by atoms with Gasteiger partial charge in [-0.3, -0.25) is 14.4 Å². The molecule has 228 valence electrons. The number of Topliss-reactive ketones (excluding diaryl/α,β-unsaturated/α-hetero) is 1. The number of nitrogens with zero attached hydrogens (tertiary/aromatic N) is 4. The molecule has 1 aliphatic rings. The van der Waals surface area contributed by atoms with Gasteiger partial charge in [-0.25, -0.2) is 23.5 Å². The standard InChI is InChI=1S/C30H28ClF2N7O4/c1-17(41)22-15-39(24-7-6-20(11-21(22)24)38-30(44)37-13-26-34-8-3-9-35-26)16-27(42)40-14-19(32)10-25(40)29(43)36-12-18-4-2-5-23(31)28(18)33/h2-9,11,15,19,25H,10,12-14,16H2,1H3,(H,36,43)(H2,37,38,44)/t19-,25+/m1/s1. The molecule has 3 heterocycles. The van der Waals surface area contributed by atoms with E-state index in [1.165, 1.54) is 25.3 Å². The van der Waals surface area contributed by atoms with Crippen LogP contribution in [0.5, 0.6) is 0 Å². The van der Waals surface area contributed by atoms with E-state index in [1.807, 2.05) is 0 Å². The molecule has 2 aromatic carbocycles. The largest absolute Gasteiger partial charge is 0.350 e. The lowest BCUT2D eigenvalue weighted by Gasteiger charge is -2.24. The Kier molecular flexibility index (Phi) is 9.14. The number of rotatable bonds is 9. The summed E-state index contributed by atoms with van der Waals surface area (Å²) in [4.78, 5) is 60.5. The number of benzene rings is 2. The summed E-state index contributed by atoms with van der Waals surface area (Å²) in [5, 5.41) is 8.33. The number of fused-ring (bicyclic) bond motifs is 1. The molecular formula is C30H28ClF2N7O4. The third-order valence-electron chi connectivity index (χ3n) is 7.21. The van der Waals surface area contributed by atoms with Crippen molar-refractivity contribution in [2.45, 2.75) is 45.2 Å². The van der Waals surface area contributed by atoms with Crippen LogP contribution in [0.3, 0.4) is 0 Å². The van der Waals surface area contributed by atoms with Crippen LogP contribution in [0.1, 0.15) is 35.1 Å². The van der Waals surface area contributed by atoms with Crippen molar-refractivity contribution in [3.05, 3.63) is 88.8 Å². The van der Waals surface area contributed by atoms with Gasteiger partial charge in [0, 0.05) is 59.3 Å². The summed E-state index contributed by atoms with van der Waals surface area (Å²) < 4.78 is 30.3. The SMILES string of the molecule is CC(=O)c1cn(CC(=O)N2C[C@H](F)C[C@H]2C(=O)NCc2cccc(Cl)c2F)c2ccc(NC(=O)NCc3ncccn3)cc12. The van der Waals surface area contributed by atoms with Crippen LogP contribution >= 0.6 is 11.6 Å². The van der Waals surface area contributed by atoms with Gasteiger partial charge in [0.25, 0.3) is 0 Å². The van der Waals surface area contributed by atoms with Crippen LogP contribution in [0.15, 0.2) is 61.1 Å². The smallest absolute Gasteiger partial charge is 0.319 e. The maximum atomic E-state index is 14.5. The van der Waals surface area contributed by atoms with Crippen LogP contribution in [-0.4, -0.2) is 61.8 Å². The fraction of sp³-hybridized carbons (Fsp3) is 0.267. The first kappa shape index (κ1) is 30.5. The normalized spacial score (nSPS) is 16.1. The van der Waals surface area contributed by atoms with Gasteiger partial charge in [0.15, 0.2) is 5.78 Å². The number of halogens is 3. The number of hydrogen-bond acceptors (Lipinski definition) is 6. The quantitative estimate of drug-likeness (QED) is 0.241. The average Bonchev–Trinajstić information content (AvgIpc) is 3.57. The van der Waals surface area contributed by atoms with E-state index in [1.54, 1.807) is 47.3 Å². The van der Waals surface area contributed by atoms with Crippen molar-refractivity contribution >= 4 is 51.8 Å². The summed E-state index contributed by atoms with van der Waals surface area (Å²) in [5.41, 5.74) is 1.41. The molecule has 11 nitrogen and oxygen atoms in total. The number of ketones is 1. The molecule has 0 radical (unpaired) electrons. The first-order valence-electron chi connectivity index (χ1n) is 13.7. The van der Waals surface area contributed by atoms with Crippen molar-refractivity contribution in [1.29, 1.82) is 0 Å². The molecular weight excluding hydrogens is 596 g/mol. The zero-order valence-corrected chi connectivity index (χ0v) is 24.3. The highest BCUT2D eigenvalue weighted by atomic mass is 35.5. The maximum absolute atomic E-state index is 14.5. The molecule has 4 amide bonds. The molecule has 0 unspecified atom stereocenters. The summed E-state index contributed by atoms with van der Waals surface area (Å²) >= 11 is 5.81. The number of likely N-dealkylation sites (tertiary alicyclic amines) is 1. The van der Waals surface area contributed by atoms with Crippen molar-refractivity contribution in [3.8, 4) is 0 Å². The van der Waals surface area contributed by atoms with Gasteiger partial charge in [-0.15, -0.1) is 0 Å². The van der Waals surface area contributed by atoms with E-state index in [0.717, 1.165) is 4.90 Å². The van der Waals surface area contributed by atoms with E-state index >= 15 is 0 Å². The van der Waals surface area contributed by atoms with E-state index in [0.29, 0.717) is 28.0 Å². The highest BCUT2D eigenvalue weighted by Crippen LogP contribution is 2.27. The number of alkyl halides is 1. The van der Waals surface area contributed by atoms with Gasteiger partial charge >= 0.3 is 6.03 Å². The fourth-order valence-electron chi connectivity index (χ4n) is 5.07. The predicted molar refractivity (Wildman–Crippen MR) is 158 cm³/mol. The van der Waals surface area contributed by atoms with Gasteiger partial charge in [0.1, 0.15) is 30.4 Å². The van der Waals surface area contributed by atoms with E-state index in [-0.39, 0.29) is 49.0 Å². The third-order valence-corrected chi connectivity index (χ3v) is 7.50. The van der Waals surface area contributed by atoms with Crippen molar-refractivity contribution in [2.75, 3.05) is 11.9 Å². The summed E-state index contributed by atoms with van der Waals surface area (Å²) in [7, 11) is 0. The van der Waals surface area contributed by atoms with Gasteiger partial charge < -0.3 is 25.4 Å². The molecule has 14 heteroatoms. The zero-order chi connectivity index (χ0) is 31.4. The molecule has 0 aliphatic carbocycles. The lowest BCUT2D eigenvalue weighted by Crippen LogP contribution is -2.46. The van der Waals surface area contributed by atoms with Crippen molar-refractivity contribution < 1.29 is 28.0 Å². The first-order valence-corrected chi connectivity index (χ1v) is 14.1. The highest BCUT2D eigenvalue weighted by Gasteiger charge is 2.39. The molecule has 0 spiro atoms. The lowest BCUT2D eigenvalue weighted by atomic mass is 10.1.